The SMILES string of the molecule is CO[C@H]1CC[C@@H]([C@H](O)[C@@H](CC(=O)c2cccc(C(=O)N3CCC[C@@H]3c3nc(C)cs3)c2)Cc2ccccc2)C1. The van der Waals surface area contributed by atoms with Gasteiger partial charge in [0.05, 0.1) is 18.2 Å². The van der Waals surface area contributed by atoms with Crippen LogP contribution in [0.1, 0.15) is 81.5 Å². The number of aromatic nitrogens is 1. The Kier molecular flexibility index (Phi) is 8.90. The number of benzene rings is 2. The molecule has 3 aromatic rings. The van der Waals surface area contributed by atoms with Crippen molar-refractivity contribution in [1.29, 1.82) is 0 Å². The number of carbonyl (C=O) groups is 2. The zero-order valence-corrected chi connectivity index (χ0v) is 23.6. The Labute approximate surface area is 235 Å². The van der Waals surface area contributed by atoms with Crippen molar-refractivity contribution in [3.8, 4) is 0 Å². The highest BCUT2D eigenvalue weighted by Crippen LogP contribution is 2.36. The Morgan fingerprint density at radius 1 is 1.10 bits per heavy atom. The van der Waals surface area contributed by atoms with Crippen molar-refractivity contribution >= 4 is 23.0 Å². The van der Waals surface area contributed by atoms with E-state index in [-0.39, 0.29) is 42.1 Å². The van der Waals surface area contributed by atoms with E-state index in [1.807, 2.05) is 47.5 Å². The third kappa shape index (κ3) is 6.48. The van der Waals surface area contributed by atoms with E-state index >= 15 is 0 Å². The number of rotatable bonds is 10. The van der Waals surface area contributed by atoms with Gasteiger partial charge in [0, 0.05) is 42.3 Å². The minimum atomic E-state index is -0.591. The van der Waals surface area contributed by atoms with Gasteiger partial charge in [0.15, 0.2) is 5.78 Å². The first-order valence-electron chi connectivity index (χ1n) is 14.0. The molecule has 5 rings (SSSR count). The lowest BCUT2D eigenvalue weighted by molar-refractivity contribution is 0.0353. The highest BCUT2D eigenvalue weighted by Gasteiger charge is 2.36. The van der Waals surface area contributed by atoms with Crippen molar-refractivity contribution in [1.82, 2.24) is 9.88 Å². The van der Waals surface area contributed by atoms with E-state index in [1.165, 1.54) is 0 Å². The van der Waals surface area contributed by atoms with Crippen molar-refractivity contribution in [2.75, 3.05) is 13.7 Å². The second kappa shape index (κ2) is 12.5. The molecule has 0 radical (unpaired) electrons. The van der Waals surface area contributed by atoms with Crippen molar-refractivity contribution in [3.05, 3.63) is 87.4 Å². The molecular weight excluding hydrogens is 508 g/mol. The number of likely N-dealkylation sites (tertiary alicyclic amines) is 1. The van der Waals surface area contributed by atoms with Gasteiger partial charge in [-0.3, -0.25) is 9.59 Å². The number of aryl methyl sites for hydroxylation is 1. The second-order valence-electron chi connectivity index (χ2n) is 11.1. The lowest BCUT2D eigenvalue weighted by Crippen LogP contribution is -2.32. The van der Waals surface area contributed by atoms with Gasteiger partial charge >= 0.3 is 0 Å². The van der Waals surface area contributed by atoms with Crippen LogP contribution in [-0.4, -0.2) is 52.5 Å². The molecule has 1 saturated carbocycles. The Balaban J connectivity index is 1.32. The minimum Gasteiger partial charge on any atom is -0.393 e. The molecule has 5 atom stereocenters. The molecule has 2 heterocycles. The summed E-state index contributed by atoms with van der Waals surface area (Å²) in [5, 5.41) is 14.4. The topological polar surface area (TPSA) is 79.7 Å². The van der Waals surface area contributed by atoms with Crippen molar-refractivity contribution in [2.24, 2.45) is 11.8 Å². The van der Waals surface area contributed by atoms with Gasteiger partial charge < -0.3 is 14.7 Å². The minimum absolute atomic E-state index is 0.0108. The molecule has 0 spiro atoms. The fourth-order valence-corrected chi connectivity index (χ4v) is 7.20. The van der Waals surface area contributed by atoms with E-state index < -0.39 is 6.10 Å². The zero-order chi connectivity index (χ0) is 27.4. The molecule has 1 N–H and O–H groups in total. The number of aliphatic hydroxyl groups is 1. The average molecular weight is 547 g/mol. The van der Waals surface area contributed by atoms with Gasteiger partial charge in [0.1, 0.15) is 5.01 Å². The van der Waals surface area contributed by atoms with E-state index in [0.29, 0.717) is 24.1 Å². The number of nitrogens with zero attached hydrogens (tertiary/aromatic N) is 2. The summed E-state index contributed by atoms with van der Waals surface area (Å²) in [7, 11) is 1.72. The summed E-state index contributed by atoms with van der Waals surface area (Å²) in [6.45, 7) is 2.66. The zero-order valence-electron chi connectivity index (χ0n) is 22.8. The molecule has 7 heteroatoms. The summed E-state index contributed by atoms with van der Waals surface area (Å²) in [5.74, 6) is -0.196. The summed E-state index contributed by atoms with van der Waals surface area (Å²) in [6.07, 6.45) is 4.94. The van der Waals surface area contributed by atoms with Gasteiger partial charge in [-0.2, -0.15) is 0 Å². The van der Waals surface area contributed by atoms with E-state index in [4.69, 9.17) is 4.74 Å². The van der Waals surface area contributed by atoms with Gasteiger partial charge in [-0.1, -0.05) is 42.5 Å². The number of hydrogen-bond donors (Lipinski definition) is 1. The monoisotopic (exact) mass is 546 g/mol. The van der Waals surface area contributed by atoms with Crippen LogP contribution in [0.5, 0.6) is 0 Å². The first kappa shape index (κ1) is 27.7. The van der Waals surface area contributed by atoms with E-state index in [9.17, 15) is 14.7 Å². The van der Waals surface area contributed by atoms with E-state index in [0.717, 1.165) is 48.4 Å². The van der Waals surface area contributed by atoms with Crippen LogP contribution in [0, 0.1) is 18.8 Å². The van der Waals surface area contributed by atoms with Gasteiger partial charge in [-0.25, -0.2) is 4.98 Å². The Bertz CT molecular complexity index is 1280. The van der Waals surface area contributed by atoms with Crippen LogP contribution in [0.15, 0.2) is 60.0 Å². The number of ether oxygens (including phenoxy) is 1. The predicted molar refractivity (Wildman–Crippen MR) is 153 cm³/mol. The number of carbonyl (C=O) groups excluding carboxylic acids is 2. The smallest absolute Gasteiger partial charge is 0.254 e. The molecule has 0 unspecified atom stereocenters. The molecular formula is C32H38N2O4S. The van der Waals surface area contributed by atoms with Crippen LogP contribution in [0.2, 0.25) is 0 Å². The third-order valence-electron chi connectivity index (χ3n) is 8.38. The van der Waals surface area contributed by atoms with Gasteiger partial charge in [0.25, 0.3) is 5.91 Å². The molecule has 2 fully saturated rings. The number of ketones is 1. The number of aliphatic hydroxyl groups excluding tert-OH is 1. The molecule has 2 aromatic carbocycles. The molecule has 0 bridgehead atoms. The first-order valence-corrected chi connectivity index (χ1v) is 14.9. The quantitative estimate of drug-likeness (QED) is 0.314. The van der Waals surface area contributed by atoms with Gasteiger partial charge in [-0.15, -0.1) is 11.3 Å². The molecule has 2 aliphatic rings. The Morgan fingerprint density at radius 2 is 1.90 bits per heavy atom. The molecule has 1 saturated heterocycles. The molecule has 39 heavy (non-hydrogen) atoms. The van der Waals surface area contributed by atoms with E-state index in [2.05, 4.69) is 4.98 Å². The summed E-state index contributed by atoms with van der Waals surface area (Å²) in [5.41, 5.74) is 3.13. The fourth-order valence-electron chi connectivity index (χ4n) is 6.25. The highest BCUT2D eigenvalue weighted by molar-refractivity contribution is 7.09. The van der Waals surface area contributed by atoms with Crippen LogP contribution in [-0.2, 0) is 11.2 Å². The molecule has 1 aromatic heterocycles. The summed E-state index contributed by atoms with van der Waals surface area (Å²) < 4.78 is 5.54. The second-order valence-corrected chi connectivity index (χ2v) is 12.0. The maximum atomic E-state index is 13.6. The Morgan fingerprint density at radius 3 is 2.62 bits per heavy atom. The van der Waals surface area contributed by atoms with Crippen molar-refractivity contribution in [2.45, 2.75) is 70.1 Å². The predicted octanol–water partition coefficient (Wildman–Crippen LogP) is 6.04. The summed E-state index contributed by atoms with van der Waals surface area (Å²) in [6, 6.07) is 17.1. The largest absolute Gasteiger partial charge is 0.393 e. The van der Waals surface area contributed by atoms with E-state index in [1.54, 1.807) is 42.7 Å². The molecule has 1 aliphatic carbocycles. The lowest BCUT2D eigenvalue weighted by atomic mass is 9.81. The van der Waals surface area contributed by atoms with Crippen molar-refractivity contribution < 1.29 is 19.4 Å². The van der Waals surface area contributed by atoms with Gasteiger partial charge in [-0.05, 0) is 75.0 Å². The van der Waals surface area contributed by atoms with Crippen molar-refractivity contribution in [3.63, 3.8) is 0 Å². The average Bonchev–Trinajstić information content (AvgIpc) is 3.73. The summed E-state index contributed by atoms with van der Waals surface area (Å²) in [4.78, 5) is 33.7. The third-order valence-corrected chi connectivity index (χ3v) is 9.44. The number of Topliss-reactive ketones (excluding diaryl/α,β-unsaturated/α-hetero) is 1. The molecule has 206 valence electrons. The standard InChI is InChI=1S/C32H38N2O4S/c1-21-20-39-31(33-21)28-12-7-15-34(28)32(37)25-11-6-10-23(17-25)29(35)19-26(16-22-8-4-3-5-9-22)30(36)24-13-14-27(18-24)38-2/h3-6,8-11,17,20,24,26-28,30,36H,7,12-16,18-19H2,1-2H3/t24-,26-,27+,28-,30+/m1/s1. The Hall–Kier alpha value is -2.87. The summed E-state index contributed by atoms with van der Waals surface area (Å²) >= 11 is 1.60. The maximum Gasteiger partial charge on any atom is 0.254 e. The molecule has 1 aliphatic heterocycles. The fraction of sp³-hybridized carbons (Fsp3) is 0.469. The van der Waals surface area contributed by atoms with Crippen LogP contribution in [0.25, 0.3) is 0 Å². The number of thiazole rings is 1. The highest BCUT2D eigenvalue weighted by atomic mass is 32.1. The first-order chi connectivity index (χ1) is 18.9. The number of hydrogen-bond acceptors (Lipinski definition) is 6. The van der Waals surface area contributed by atoms with Crippen LogP contribution in [0.3, 0.4) is 0 Å². The van der Waals surface area contributed by atoms with Gasteiger partial charge in [0.2, 0.25) is 0 Å². The normalized spacial score (nSPS) is 22.6. The lowest BCUT2D eigenvalue weighted by Gasteiger charge is -2.28. The number of amides is 1. The van der Waals surface area contributed by atoms with Crippen LogP contribution >= 0.6 is 11.3 Å². The maximum absolute atomic E-state index is 13.6. The van der Waals surface area contributed by atoms with Crippen LogP contribution in [0.4, 0.5) is 0 Å². The van der Waals surface area contributed by atoms with Crippen LogP contribution < -0.4 is 0 Å². The number of methoxy groups -OCH3 is 1. The molecule has 1 amide bonds. The molecule has 6 nitrogen and oxygen atoms in total.